The summed E-state index contributed by atoms with van der Waals surface area (Å²) in [6.07, 6.45) is 1.04. The van der Waals surface area contributed by atoms with Gasteiger partial charge in [-0.3, -0.25) is 4.90 Å². The van der Waals surface area contributed by atoms with Gasteiger partial charge in [-0.1, -0.05) is 25.1 Å². The van der Waals surface area contributed by atoms with Crippen molar-refractivity contribution in [1.82, 2.24) is 4.90 Å². The number of benzene rings is 1. The van der Waals surface area contributed by atoms with Crippen LogP contribution in [-0.2, 0) is 6.54 Å². The van der Waals surface area contributed by atoms with E-state index in [-0.39, 0.29) is 6.04 Å². The van der Waals surface area contributed by atoms with Gasteiger partial charge < -0.3 is 5.73 Å². The Balaban J connectivity index is 2.76. The molecule has 86 valence electrons. The van der Waals surface area contributed by atoms with E-state index >= 15 is 0 Å². The van der Waals surface area contributed by atoms with Crippen molar-refractivity contribution in [2.45, 2.75) is 32.9 Å². The van der Waals surface area contributed by atoms with Gasteiger partial charge in [-0.25, -0.2) is 0 Å². The third-order valence-electron chi connectivity index (χ3n) is 2.67. The van der Waals surface area contributed by atoms with Crippen molar-refractivity contribution in [2.75, 3.05) is 12.3 Å². The van der Waals surface area contributed by atoms with Crippen LogP contribution in [0.1, 0.15) is 25.8 Å². The fraction of sp³-hybridized carbons (Fsp3) is 0.462. The smallest absolute Gasteiger partial charge is 0.0952 e. The molecule has 0 aliphatic carbocycles. The van der Waals surface area contributed by atoms with Crippen LogP contribution in [0, 0.1) is 11.3 Å². The molecule has 1 aromatic carbocycles. The number of rotatable bonds is 5. The van der Waals surface area contributed by atoms with Crippen molar-refractivity contribution in [2.24, 2.45) is 0 Å². The van der Waals surface area contributed by atoms with E-state index in [1.807, 2.05) is 31.2 Å². The summed E-state index contributed by atoms with van der Waals surface area (Å²) >= 11 is 0. The summed E-state index contributed by atoms with van der Waals surface area (Å²) in [5.41, 5.74) is 7.79. The van der Waals surface area contributed by atoms with Gasteiger partial charge in [-0.05, 0) is 31.5 Å². The van der Waals surface area contributed by atoms with Crippen LogP contribution in [0.15, 0.2) is 24.3 Å². The Morgan fingerprint density at radius 1 is 1.44 bits per heavy atom. The Morgan fingerprint density at radius 2 is 2.12 bits per heavy atom. The number of nitriles is 1. The second-order valence-corrected chi connectivity index (χ2v) is 3.97. The second kappa shape index (κ2) is 6.14. The zero-order valence-corrected chi connectivity index (χ0v) is 9.98. The van der Waals surface area contributed by atoms with Gasteiger partial charge in [0.05, 0.1) is 12.1 Å². The first-order valence-electron chi connectivity index (χ1n) is 5.66. The molecule has 0 radical (unpaired) electrons. The van der Waals surface area contributed by atoms with Gasteiger partial charge >= 0.3 is 0 Å². The van der Waals surface area contributed by atoms with Crippen LogP contribution in [0.3, 0.4) is 0 Å². The van der Waals surface area contributed by atoms with E-state index in [0.717, 1.165) is 30.8 Å². The van der Waals surface area contributed by atoms with Crippen LogP contribution in [-0.4, -0.2) is 17.5 Å². The predicted octanol–water partition coefficient (Wildman–Crippen LogP) is 2.39. The highest BCUT2D eigenvalue weighted by molar-refractivity contribution is 5.46. The van der Waals surface area contributed by atoms with Crippen molar-refractivity contribution < 1.29 is 0 Å². The average molecular weight is 217 g/mol. The molecule has 0 saturated heterocycles. The molecule has 1 aromatic rings. The molecule has 1 unspecified atom stereocenters. The Labute approximate surface area is 97.5 Å². The van der Waals surface area contributed by atoms with Gasteiger partial charge in [-0.15, -0.1) is 0 Å². The zero-order valence-electron chi connectivity index (χ0n) is 9.98. The Morgan fingerprint density at radius 3 is 2.69 bits per heavy atom. The molecule has 3 heteroatoms. The second-order valence-electron chi connectivity index (χ2n) is 3.97. The predicted molar refractivity (Wildman–Crippen MR) is 66.6 cm³/mol. The number of nitrogens with zero attached hydrogens (tertiary/aromatic N) is 2. The first-order chi connectivity index (χ1) is 7.69. The third-order valence-corrected chi connectivity index (χ3v) is 2.67. The maximum atomic E-state index is 8.96. The van der Waals surface area contributed by atoms with E-state index in [9.17, 15) is 0 Å². The van der Waals surface area contributed by atoms with Crippen LogP contribution in [0.2, 0.25) is 0 Å². The van der Waals surface area contributed by atoms with Crippen LogP contribution in [0.5, 0.6) is 0 Å². The first kappa shape index (κ1) is 12.5. The normalized spacial score (nSPS) is 12.4. The summed E-state index contributed by atoms with van der Waals surface area (Å²) in [5.74, 6) is 0. The van der Waals surface area contributed by atoms with Crippen molar-refractivity contribution in [3.8, 4) is 6.07 Å². The molecule has 0 saturated carbocycles. The molecular formula is C13H19N3. The average Bonchev–Trinajstić information content (AvgIpc) is 2.30. The number of anilines is 1. The van der Waals surface area contributed by atoms with Crippen LogP contribution >= 0.6 is 0 Å². The lowest BCUT2D eigenvalue weighted by atomic mass is 10.1. The summed E-state index contributed by atoms with van der Waals surface area (Å²) in [6.45, 7) is 5.71. The number of hydrogen-bond acceptors (Lipinski definition) is 3. The molecule has 16 heavy (non-hydrogen) atoms. The highest BCUT2D eigenvalue weighted by Crippen LogP contribution is 2.15. The summed E-state index contributed by atoms with van der Waals surface area (Å²) in [6, 6.07) is 10.0. The number of nitrogens with two attached hydrogens (primary N) is 1. The lowest BCUT2D eigenvalue weighted by Gasteiger charge is -2.24. The molecule has 0 fully saturated rings. The summed E-state index contributed by atoms with van der Waals surface area (Å²) < 4.78 is 0. The first-order valence-corrected chi connectivity index (χ1v) is 5.66. The number of para-hydroxylation sites is 1. The summed E-state index contributed by atoms with van der Waals surface area (Å²) in [4.78, 5) is 2.14. The van der Waals surface area contributed by atoms with E-state index in [1.165, 1.54) is 0 Å². The van der Waals surface area contributed by atoms with Gasteiger partial charge in [0.1, 0.15) is 0 Å². The molecular weight excluding hydrogens is 198 g/mol. The van der Waals surface area contributed by atoms with E-state index in [1.54, 1.807) is 0 Å². The van der Waals surface area contributed by atoms with Gasteiger partial charge in [0, 0.05) is 12.2 Å². The van der Waals surface area contributed by atoms with Crippen LogP contribution in [0.25, 0.3) is 0 Å². The molecule has 0 bridgehead atoms. The van der Waals surface area contributed by atoms with E-state index in [2.05, 4.69) is 17.9 Å². The molecule has 0 spiro atoms. The monoisotopic (exact) mass is 217 g/mol. The van der Waals surface area contributed by atoms with Gasteiger partial charge in [0.15, 0.2) is 0 Å². The van der Waals surface area contributed by atoms with Crippen molar-refractivity contribution in [3.63, 3.8) is 0 Å². The standard InChI is InChI=1S/C13H19N3/c1-3-8-16(11(2)9-14)10-12-6-4-5-7-13(12)15/h4-7,11H,3,8,10,15H2,1-2H3. The van der Waals surface area contributed by atoms with Gasteiger partial charge in [0.25, 0.3) is 0 Å². The van der Waals surface area contributed by atoms with Gasteiger partial charge in [0.2, 0.25) is 0 Å². The highest BCUT2D eigenvalue weighted by atomic mass is 15.1. The largest absolute Gasteiger partial charge is 0.398 e. The van der Waals surface area contributed by atoms with Crippen molar-refractivity contribution in [1.29, 1.82) is 5.26 Å². The van der Waals surface area contributed by atoms with Crippen LogP contribution in [0.4, 0.5) is 5.69 Å². The lowest BCUT2D eigenvalue weighted by molar-refractivity contribution is 0.238. The highest BCUT2D eigenvalue weighted by Gasteiger charge is 2.13. The maximum absolute atomic E-state index is 8.96. The minimum absolute atomic E-state index is 0.0699. The molecule has 0 aromatic heterocycles. The topological polar surface area (TPSA) is 53.0 Å². The molecule has 0 heterocycles. The fourth-order valence-corrected chi connectivity index (χ4v) is 1.68. The summed E-state index contributed by atoms with van der Waals surface area (Å²) in [5, 5.41) is 8.96. The minimum atomic E-state index is -0.0699. The fourth-order valence-electron chi connectivity index (χ4n) is 1.68. The Hall–Kier alpha value is -1.53. The Bertz CT molecular complexity index is 368. The van der Waals surface area contributed by atoms with Crippen molar-refractivity contribution in [3.05, 3.63) is 29.8 Å². The molecule has 1 atom stereocenters. The molecule has 3 nitrogen and oxygen atoms in total. The molecule has 0 amide bonds. The lowest BCUT2D eigenvalue weighted by Crippen LogP contribution is -2.32. The molecule has 2 N–H and O–H groups in total. The quantitative estimate of drug-likeness (QED) is 0.770. The molecule has 1 rings (SSSR count). The SMILES string of the molecule is CCCN(Cc1ccccc1N)C(C)C#N. The minimum Gasteiger partial charge on any atom is -0.398 e. The van der Waals surface area contributed by atoms with Crippen molar-refractivity contribution >= 4 is 5.69 Å². The van der Waals surface area contributed by atoms with Gasteiger partial charge in [-0.2, -0.15) is 5.26 Å². The summed E-state index contributed by atoms with van der Waals surface area (Å²) in [7, 11) is 0. The number of nitrogen functional groups attached to an aromatic ring is 1. The van der Waals surface area contributed by atoms with E-state index < -0.39 is 0 Å². The Kier molecular flexibility index (Phi) is 4.81. The van der Waals surface area contributed by atoms with E-state index in [0.29, 0.717) is 0 Å². The number of hydrogen-bond donors (Lipinski definition) is 1. The zero-order chi connectivity index (χ0) is 12.0. The van der Waals surface area contributed by atoms with E-state index in [4.69, 9.17) is 11.0 Å². The maximum Gasteiger partial charge on any atom is 0.0952 e. The molecule has 0 aliphatic heterocycles. The van der Waals surface area contributed by atoms with Crippen LogP contribution < -0.4 is 5.73 Å². The third kappa shape index (κ3) is 3.25. The molecule has 0 aliphatic rings.